The number of hydrogen-bond donors (Lipinski definition) is 1. The maximum Gasteiger partial charge on any atom is 0.312 e. The predicted molar refractivity (Wildman–Crippen MR) is 77.2 cm³/mol. The Labute approximate surface area is 120 Å². The van der Waals surface area contributed by atoms with Crippen molar-refractivity contribution in [1.29, 1.82) is 0 Å². The van der Waals surface area contributed by atoms with E-state index in [0.717, 1.165) is 25.9 Å². The molecule has 2 heterocycles. The van der Waals surface area contributed by atoms with Gasteiger partial charge in [0.05, 0.1) is 4.92 Å². The summed E-state index contributed by atoms with van der Waals surface area (Å²) >= 11 is 3.22. The molecule has 1 aliphatic rings. The molecular weight excluding hydrogens is 312 g/mol. The predicted octanol–water partition coefficient (Wildman–Crippen LogP) is 2.32. The van der Waals surface area contributed by atoms with E-state index in [4.69, 9.17) is 5.73 Å². The van der Waals surface area contributed by atoms with E-state index < -0.39 is 0 Å². The first-order valence-electron chi connectivity index (χ1n) is 6.29. The molecule has 1 fully saturated rings. The summed E-state index contributed by atoms with van der Waals surface area (Å²) < 4.78 is 0.615. The summed E-state index contributed by atoms with van der Waals surface area (Å²) in [7, 11) is 0. The van der Waals surface area contributed by atoms with Crippen LogP contribution in [0.25, 0.3) is 0 Å². The highest BCUT2D eigenvalue weighted by atomic mass is 79.9. The van der Waals surface area contributed by atoms with Crippen molar-refractivity contribution in [2.24, 2.45) is 11.7 Å². The van der Waals surface area contributed by atoms with Crippen LogP contribution in [0.1, 0.15) is 19.8 Å². The molecule has 19 heavy (non-hydrogen) atoms. The topological polar surface area (TPSA) is 85.3 Å². The Kier molecular flexibility index (Phi) is 4.36. The van der Waals surface area contributed by atoms with Gasteiger partial charge in [-0.1, -0.05) is 0 Å². The van der Waals surface area contributed by atoms with Gasteiger partial charge in [0.25, 0.3) is 0 Å². The molecule has 0 bridgehead atoms. The summed E-state index contributed by atoms with van der Waals surface area (Å²) in [5.41, 5.74) is 5.98. The zero-order chi connectivity index (χ0) is 14.0. The fourth-order valence-corrected chi connectivity index (χ4v) is 2.75. The summed E-state index contributed by atoms with van der Waals surface area (Å²) in [6.07, 6.45) is 3.65. The van der Waals surface area contributed by atoms with Crippen LogP contribution in [-0.2, 0) is 0 Å². The minimum Gasteiger partial charge on any atom is -0.351 e. The fraction of sp³-hybridized carbons (Fsp3) is 0.583. The van der Waals surface area contributed by atoms with Crippen LogP contribution >= 0.6 is 15.9 Å². The minimum absolute atomic E-state index is 0.0414. The lowest BCUT2D eigenvalue weighted by molar-refractivity contribution is -0.384. The summed E-state index contributed by atoms with van der Waals surface area (Å²) in [6.45, 7) is 3.50. The molecule has 0 aromatic carbocycles. The second-order valence-corrected chi connectivity index (χ2v) is 5.88. The van der Waals surface area contributed by atoms with Gasteiger partial charge in [-0.25, -0.2) is 4.98 Å². The molecule has 1 saturated heterocycles. The van der Waals surface area contributed by atoms with Crippen LogP contribution in [0.5, 0.6) is 0 Å². The number of halogens is 1. The van der Waals surface area contributed by atoms with E-state index in [1.165, 1.54) is 6.07 Å². The van der Waals surface area contributed by atoms with E-state index in [1.54, 1.807) is 6.20 Å². The van der Waals surface area contributed by atoms with E-state index in [9.17, 15) is 10.1 Å². The first-order valence-corrected chi connectivity index (χ1v) is 7.09. The van der Waals surface area contributed by atoms with E-state index >= 15 is 0 Å². The second-order valence-electron chi connectivity index (χ2n) is 4.96. The standard InChI is InChI=1S/C12H17BrN4O2/c1-8(14)9-3-2-4-16(7-9)12-11(17(18)19)5-10(13)6-15-12/h5-6,8-9H,2-4,7,14H2,1H3. The van der Waals surface area contributed by atoms with Crippen LogP contribution in [0.4, 0.5) is 11.5 Å². The Hall–Kier alpha value is -1.21. The Bertz CT molecular complexity index is 481. The third-order valence-electron chi connectivity index (χ3n) is 3.51. The van der Waals surface area contributed by atoms with E-state index in [1.807, 2.05) is 11.8 Å². The lowest BCUT2D eigenvalue weighted by Crippen LogP contribution is -2.42. The molecule has 7 heteroatoms. The summed E-state index contributed by atoms with van der Waals surface area (Å²) in [4.78, 5) is 16.9. The zero-order valence-electron chi connectivity index (χ0n) is 10.8. The van der Waals surface area contributed by atoms with Crippen molar-refractivity contribution in [1.82, 2.24) is 4.98 Å². The van der Waals surface area contributed by atoms with Crippen LogP contribution in [0.3, 0.4) is 0 Å². The summed E-state index contributed by atoms with van der Waals surface area (Å²) in [5, 5.41) is 11.1. The van der Waals surface area contributed by atoms with Crippen LogP contribution < -0.4 is 10.6 Å². The van der Waals surface area contributed by atoms with Crippen molar-refractivity contribution in [3.63, 3.8) is 0 Å². The van der Waals surface area contributed by atoms with Crippen LogP contribution in [0, 0.1) is 16.0 Å². The van der Waals surface area contributed by atoms with E-state index in [2.05, 4.69) is 20.9 Å². The van der Waals surface area contributed by atoms with E-state index in [-0.39, 0.29) is 16.7 Å². The van der Waals surface area contributed by atoms with Gasteiger partial charge in [0, 0.05) is 35.9 Å². The van der Waals surface area contributed by atoms with E-state index in [0.29, 0.717) is 16.2 Å². The quantitative estimate of drug-likeness (QED) is 0.679. The largest absolute Gasteiger partial charge is 0.351 e. The lowest BCUT2D eigenvalue weighted by atomic mass is 9.92. The van der Waals surface area contributed by atoms with Crippen molar-refractivity contribution >= 4 is 27.4 Å². The zero-order valence-corrected chi connectivity index (χ0v) is 12.3. The summed E-state index contributed by atoms with van der Waals surface area (Å²) in [6, 6.07) is 1.59. The monoisotopic (exact) mass is 328 g/mol. The first kappa shape index (κ1) is 14.2. The average Bonchev–Trinajstić information content (AvgIpc) is 2.38. The molecule has 0 saturated carbocycles. The number of pyridine rings is 1. The van der Waals surface area contributed by atoms with Crippen LogP contribution in [0.2, 0.25) is 0 Å². The molecule has 0 amide bonds. The van der Waals surface area contributed by atoms with Crippen LogP contribution in [0.15, 0.2) is 16.7 Å². The molecule has 0 spiro atoms. The van der Waals surface area contributed by atoms with Gasteiger partial charge in [0.15, 0.2) is 0 Å². The van der Waals surface area contributed by atoms with Gasteiger partial charge >= 0.3 is 5.69 Å². The number of nitrogens with two attached hydrogens (primary N) is 1. The molecule has 2 unspecified atom stereocenters. The Balaban J connectivity index is 2.28. The number of anilines is 1. The third kappa shape index (κ3) is 3.22. The molecular formula is C12H17BrN4O2. The lowest BCUT2D eigenvalue weighted by Gasteiger charge is -2.35. The Morgan fingerprint density at radius 1 is 1.68 bits per heavy atom. The normalized spacial score (nSPS) is 21.2. The number of aromatic nitrogens is 1. The van der Waals surface area contributed by atoms with Crippen LogP contribution in [-0.4, -0.2) is 29.0 Å². The number of nitrogens with zero attached hydrogens (tertiary/aromatic N) is 3. The van der Waals surface area contributed by atoms with Crippen molar-refractivity contribution in [3.05, 3.63) is 26.9 Å². The first-order chi connectivity index (χ1) is 8.99. The maximum atomic E-state index is 11.1. The van der Waals surface area contributed by atoms with Gasteiger partial charge in [-0.15, -0.1) is 0 Å². The van der Waals surface area contributed by atoms with Gasteiger partial charge in [0.2, 0.25) is 5.82 Å². The minimum atomic E-state index is -0.386. The number of piperidine rings is 1. The molecule has 0 radical (unpaired) electrons. The molecule has 104 valence electrons. The molecule has 0 aliphatic carbocycles. The molecule has 6 nitrogen and oxygen atoms in total. The van der Waals surface area contributed by atoms with Gasteiger partial charge < -0.3 is 10.6 Å². The molecule has 1 aromatic rings. The van der Waals surface area contributed by atoms with Crippen molar-refractivity contribution < 1.29 is 4.92 Å². The molecule has 1 aromatic heterocycles. The van der Waals surface area contributed by atoms with Crippen molar-refractivity contribution in [3.8, 4) is 0 Å². The summed E-state index contributed by atoms with van der Waals surface area (Å²) in [5.74, 6) is 0.803. The molecule has 1 aliphatic heterocycles. The molecule has 2 atom stereocenters. The highest BCUT2D eigenvalue weighted by molar-refractivity contribution is 9.10. The number of rotatable bonds is 3. The van der Waals surface area contributed by atoms with Gasteiger partial charge in [-0.3, -0.25) is 10.1 Å². The third-order valence-corrected chi connectivity index (χ3v) is 3.95. The SMILES string of the molecule is CC(N)C1CCCN(c2ncc(Br)cc2[N+](=O)[O-])C1. The Morgan fingerprint density at radius 3 is 3.05 bits per heavy atom. The highest BCUT2D eigenvalue weighted by Gasteiger charge is 2.28. The van der Waals surface area contributed by atoms with Gasteiger partial charge in [-0.05, 0) is 41.6 Å². The Morgan fingerprint density at radius 2 is 2.42 bits per heavy atom. The molecule has 2 rings (SSSR count). The highest BCUT2D eigenvalue weighted by Crippen LogP contribution is 2.31. The second kappa shape index (κ2) is 5.83. The molecule has 2 N–H and O–H groups in total. The number of nitro groups is 1. The van der Waals surface area contributed by atoms with Gasteiger partial charge in [-0.2, -0.15) is 0 Å². The fourth-order valence-electron chi connectivity index (χ4n) is 2.43. The van der Waals surface area contributed by atoms with Gasteiger partial charge in [0.1, 0.15) is 0 Å². The maximum absolute atomic E-state index is 11.1. The smallest absolute Gasteiger partial charge is 0.312 e. The van der Waals surface area contributed by atoms with Crippen molar-refractivity contribution in [2.75, 3.05) is 18.0 Å². The van der Waals surface area contributed by atoms with Crippen molar-refractivity contribution in [2.45, 2.75) is 25.8 Å². The average molecular weight is 329 g/mol. The number of hydrogen-bond acceptors (Lipinski definition) is 5.